The van der Waals surface area contributed by atoms with Crippen LogP contribution in [0.25, 0.3) is 0 Å². The van der Waals surface area contributed by atoms with Crippen LogP contribution >= 0.6 is 0 Å². The molecule has 1 aliphatic carbocycles. The van der Waals surface area contributed by atoms with Crippen molar-refractivity contribution in [2.45, 2.75) is 53.1 Å². The van der Waals surface area contributed by atoms with Gasteiger partial charge < -0.3 is 9.84 Å². The van der Waals surface area contributed by atoms with Crippen molar-refractivity contribution in [1.82, 2.24) is 0 Å². The van der Waals surface area contributed by atoms with Crippen LogP contribution in [0.1, 0.15) is 66.5 Å². The van der Waals surface area contributed by atoms with E-state index in [4.69, 9.17) is 9.84 Å². The molecule has 0 saturated carbocycles. The fraction of sp³-hybridized carbons (Fsp3) is 0.579. The van der Waals surface area contributed by atoms with Gasteiger partial charge in [0, 0.05) is 25.3 Å². The molecule has 0 amide bonds. The molecule has 0 spiro atoms. The van der Waals surface area contributed by atoms with Gasteiger partial charge in [-0.2, -0.15) is 26.3 Å². The van der Waals surface area contributed by atoms with Crippen molar-refractivity contribution in [3.8, 4) is 0 Å². The second kappa shape index (κ2) is 11.9. The van der Waals surface area contributed by atoms with Crippen LogP contribution in [-0.2, 0) is 17.1 Å². The predicted molar refractivity (Wildman–Crippen MR) is 95.9 cm³/mol. The van der Waals surface area contributed by atoms with Gasteiger partial charge in [-0.25, -0.2) is 0 Å². The highest BCUT2D eigenvalue weighted by molar-refractivity contribution is 6.27. The number of rotatable bonds is 2. The molecule has 0 aliphatic heterocycles. The molecule has 1 aliphatic rings. The minimum absolute atomic E-state index is 0.149. The van der Waals surface area contributed by atoms with Gasteiger partial charge in [-0.05, 0) is 19.1 Å². The summed E-state index contributed by atoms with van der Waals surface area (Å²) in [6.45, 7) is 9.28. The highest BCUT2D eigenvalue weighted by Gasteiger charge is 2.49. The van der Waals surface area contributed by atoms with Crippen molar-refractivity contribution in [2.24, 2.45) is 5.92 Å². The fourth-order valence-corrected chi connectivity index (χ4v) is 2.49. The lowest BCUT2D eigenvalue weighted by atomic mass is 9.97. The average molecular weight is 432 g/mol. The molecule has 1 aromatic carbocycles. The zero-order valence-corrected chi connectivity index (χ0v) is 17.2. The number of alkyl halides is 6. The highest BCUT2D eigenvalue weighted by atomic mass is 19.4. The number of carbonyl (C=O) groups is 2. The number of ether oxygens (including phenoxy) is 1. The van der Waals surface area contributed by atoms with E-state index in [2.05, 4.69) is 0 Å². The minimum Gasteiger partial charge on any atom is -0.400 e. The monoisotopic (exact) mass is 432 g/mol. The third-order valence-corrected chi connectivity index (χ3v) is 3.69. The molecular formula is C19H26F6O4. The molecule has 2 unspecified atom stereocenters. The molecule has 1 N–H and O–H groups in total. The van der Waals surface area contributed by atoms with Crippen molar-refractivity contribution < 1.29 is 45.8 Å². The molecule has 10 heteroatoms. The number of hydrogen-bond acceptors (Lipinski definition) is 4. The fourth-order valence-electron chi connectivity index (χ4n) is 2.49. The Bertz CT molecular complexity index is 681. The number of methoxy groups -OCH3 is 1. The first-order valence-corrected chi connectivity index (χ1v) is 8.78. The molecule has 0 bridgehead atoms. The van der Waals surface area contributed by atoms with E-state index in [9.17, 15) is 35.9 Å². The summed E-state index contributed by atoms with van der Waals surface area (Å²) < 4.78 is 82.3. The molecule has 0 saturated heterocycles. The maximum Gasteiger partial charge on any atom is 0.417 e. The number of halogens is 6. The number of aliphatic hydroxyl groups excluding tert-OH is 1. The molecule has 2 rings (SSSR count). The van der Waals surface area contributed by atoms with E-state index in [0.29, 0.717) is 0 Å². The molecule has 1 aromatic rings. The van der Waals surface area contributed by atoms with Gasteiger partial charge >= 0.3 is 12.4 Å². The Morgan fingerprint density at radius 3 is 1.69 bits per heavy atom. The quantitative estimate of drug-likeness (QED) is 0.501. The third kappa shape index (κ3) is 6.53. The van der Waals surface area contributed by atoms with Crippen molar-refractivity contribution in [3.63, 3.8) is 0 Å². The number of Topliss-reactive ketones (excluding diaryl/α,β-unsaturated/α-hetero) is 2. The van der Waals surface area contributed by atoms with Crippen LogP contribution < -0.4 is 0 Å². The van der Waals surface area contributed by atoms with Gasteiger partial charge in [0.05, 0.1) is 17.2 Å². The number of fused-ring (bicyclic) bond motifs is 1. The number of aliphatic hydroxyl groups is 1. The summed E-state index contributed by atoms with van der Waals surface area (Å²) in [6.07, 6.45) is -11.3. The van der Waals surface area contributed by atoms with Crippen molar-refractivity contribution in [1.29, 1.82) is 0 Å². The highest BCUT2D eigenvalue weighted by Crippen LogP contribution is 2.43. The number of benzene rings is 1. The SMILES string of the molecule is CC.CC.CO.COC(C)C1C(=O)c2cc(C(F)(F)F)cc(C(F)(F)F)c2C1=O. The van der Waals surface area contributed by atoms with Crippen LogP contribution in [0.4, 0.5) is 26.3 Å². The van der Waals surface area contributed by atoms with E-state index in [1.807, 2.05) is 27.7 Å². The molecule has 2 atom stereocenters. The van der Waals surface area contributed by atoms with Crippen molar-refractivity contribution in [2.75, 3.05) is 14.2 Å². The summed E-state index contributed by atoms with van der Waals surface area (Å²) in [6, 6.07) is 0.136. The molecule has 4 nitrogen and oxygen atoms in total. The Kier molecular flexibility index (Phi) is 12.0. The first kappa shape index (κ1) is 29.3. The average Bonchev–Trinajstić information content (AvgIpc) is 2.94. The Morgan fingerprint density at radius 2 is 1.34 bits per heavy atom. The molecule has 0 heterocycles. The second-order valence-electron chi connectivity index (χ2n) is 5.09. The molecule has 168 valence electrons. The predicted octanol–water partition coefficient (Wildman–Crippen LogP) is 5.42. The molecule has 0 fully saturated rings. The summed E-state index contributed by atoms with van der Waals surface area (Å²) in [4.78, 5) is 24.3. The maximum atomic E-state index is 13.1. The van der Waals surface area contributed by atoms with Crippen LogP contribution in [-0.4, -0.2) is 37.0 Å². The van der Waals surface area contributed by atoms with Crippen LogP contribution in [0.5, 0.6) is 0 Å². The Labute approximate surface area is 165 Å². The van der Waals surface area contributed by atoms with Gasteiger partial charge in [0.1, 0.15) is 5.92 Å². The Balaban J connectivity index is 0. The summed E-state index contributed by atoms with van der Waals surface area (Å²) in [7, 11) is 2.14. The van der Waals surface area contributed by atoms with E-state index >= 15 is 0 Å². The number of carbonyl (C=O) groups excluding carboxylic acids is 2. The van der Waals surface area contributed by atoms with Gasteiger partial charge in [-0.3, -0.25) is 9.59 Å². The lowest BCUT2D eigenvalue weighted by Gasteiger charge is -2.15. The molecule has 29 heavy (non-hydrogen) atoms. The van der Waals surface area contributed by atoms with Crippen LogP contribution in [0.3, 0.4) is 0 Å². The van der Waals surface area contributed by atoms with Gasteiger partial charge in [0.2, 0.25) is 0 Å². The Morgan fingerprint density at radius 1 is 0.897 bits per heavy atom. The third-order valence-electron chi connectivity index (χ3n) is 3.69. The second-order valence-corrected chi connectivity index (χ2v) is 5.09. The molecule has 0 radical (unpaired) electrons. The summed E-state index contributed by atoms with van der Waals surface area (Å²) in [5.74, 6) is -3.86. The van der Waals surface area contributed by atoms with E-state index in [0.717, 1.165) is 14.2 Å². The molecule has 0 aromatic heterocycles. The molecular weight excluding hydrogens is 406 g/mol. The zero-order chi connectivity index (χ0) is 23.7. The first-order chi connectivity index (χ1) is 13.4. The van der Waals surface area contributed by atoms with E-state index < -0.39 is 58.2 Å². The van der Waals surface area contributed by atoms with Gasteiger partial charge in [-0.15, -0.1) is 0 Å². The van der Waals surface area contributed by atoms with Crippen molar-refractivity contribution in [3.05, 3.63) is 34.4 Å². The lowest BCUT2D eigenvalue weighted by molar-refractivity contribution is -0.143. The van der Waals surface area contributed by atoms with Gasteiger partial charge in [0.25, 0.3) is 0 Å². The Hall–Kier alpha value is -1.94. The first-order valence-electron chi connectivity index (χ1n) is 8.78. The van der Waals surface area contributed by atoms with E-state index in [1.54, 1.807) is 0 Å². The largest absolute Gasteiger partial charge is 0.417 e. The number of hydrogen-bond donors (Lipinski definition) is 1. The van der Waals surface area contributed by atoms with Gasteiger partial charge in [-0.1, -0.05) is 27.7 Å². The lowest BCUT2D eigenvalue weighted by Crippen LogP contribution is -2.29. The normalized spacial score (nSPS) is 16.4. The summed E-state index contributed by atoms with van der Waals surface area (Å²) in [5, 5.41) is 7.00. The van der Waals surface area contributed by atoms with E-state index in [-0.39, 0.29) is 12.1 Å². The van der Waals surface area contributed by atoms with Crippen molar-refractivity contribution >= 4 is 11.6 Å². The topological polar surface area (TPSA) is 63.6 Å². The summed E-state index contributed by atoms with van der Waals surface area (Å²) in [5.41, 5.74) is -5.28. The van der Waals surface area contributed by atoms with Gasteiger partial charge in [0.15, 0.2) is 11.6 Å². The standard InChI is InChI=1S/C14H10F6O3.2C2H6.CH4O/c1-5(23-2)9-11(21)7-3-6(13(15,16)17)4-8(14(18,19)20)10(7)12(9)22;3*1-2/h3-5,9H,1-2H3;2*1-2H3;2H,1H3. The number of ketones is 2. The van der Waals surface area contributed by atoms with E-state index in [1.165, 1.54) is 6.92 Å². The van der Waals surface area contributed by atoms with Crippen LogP contribution in [0, 0.1) is 5.92 Å². The minimum atomic E-state index is -5.20. The van der Waals surface area contributed by atoms with Crippen LogP contribution in [0.15, 0.2) is 12.1 Å². The summed E-state index contributed by atoms with van der Waals surface area (Å²) >= 11 is 0. The zero-order valence-electron chi connectivity index (χ0n) is 17.2. The maximum absolute atomic E-state index is 13.1. The smallest absolute Gasteiger partial charge is 0.400 e. The van der Waals surface area contributed by atoms with Crippen LogP contribution in [0.2, 0.25) is 0 Å².